The average Bonchev–Trinajstić information content (AvgIpc) is 2.75. The highest BCUT2D eigenvalue weighted by Gasteiger charge is 2.20. The Hall–Kier alpha value is -2.47. The van der Waals surface area contributed by atoms with E-state index in [0.29, 0.717) is 23.8 Å². The number of amides is 1. The number of piperidine rings is 1. The summed E-state index contributed by atoms with van der Waals surface area (Å²) in [6, 6.07) is 7.26. The second-order valence-electron chi connectivity index (χ2n) is 7.15. The zero-order valence-electron chi connectivity index (χ0n) is 18.2. The number of nitrogens with zero attached hydrogens (tertiary/aromatic N) is 1. The van der Waals surface area contributed by atoms with Gasteiger partial charge in [-0.25, -0.2) is 0 Å². The SMILES string of the molecule is CCOc1cccc(C(=O)N/C(=C/C=C(\NC)N2CCC(COC)CC2)CC)c1. The maximum Gasteiger partial charge on any atom is 0.255 e. The molecule has 0 unspecified atom stereocenters. The van der Waals surface area contributed by atoms with Crippen LogP contribution in [0.1, 0.15) is 43.5 Å². The first-order chi connectivity index (χ1) is 14.1. The zero-order chi connectivity index (χ0) is 21.1. The molecule has 0 aromatic heterocycles. The first kappa shape index (κ1) is 22.8. The quantitative estimate of drug-likeness (QED) is 0.587. The van der Waals surface area contributed by atoms with Gasteiger partial charge in [-0.1, -0.05) is 13.0 Å². The van der Waals surface area contributed by atoms with E-state index in [2.05, 4.69) is 15.5 Å². The summed E-state index contributed by atoms with van der Waals surface area (Å²) in [6.45, 7) is 7.38. The third-order valence-electron chi connectivity index (χ3n) is 5.12. The van der Waals surface area contributed by atoms with Gasteiger partial charge in [0.05, 0.1) is 6.61 Å². The highest BCUT2D eigenvalue weighted by Crippen LogP contribution is 2.20. The molecule has 2 N–H and O–H groups in total. The minimum absolute atomic E-state index is 0.126. The van der Waals surface area contributed by atoms with Gasteiger partial charge >= 0.3 is 0 Å². The monoisotopic (exact) mass is 401 g/mol. The van der Waals surface area contributed by atoms with Gasteiger partial charge in [0.1, 0.15) is 11.6 Å². The summed E-state index contributed by atoms with van der Waals surface area (Å²) in [4.78, 5) is 15.0. The summed E-state index contributed by atoms with van der Waals surface area (Å²) in [7, 11) is 3.70. The van der Waals surface area contributed by atoms with E-state index in [0.717, 1.165) is 50.5 Å². The van der Waals surface area contributed by atoms with Gasteiger partial charge < -0.3 is 25.0 Å². The van der Waals surface area contributed by atoms with Crippen molar-refractivity contribution in [1.29, 1.82) is 0 Å². The van der Waals surface area contributed by atoms with E-state index in [4.69, 9.17) is 9.47 Å². The van der Waals surface area contributed by atoms with Gasteiger partial charge in [-0.15, -0.1) is 0 Å². The van der Waals surface area contributed by atoms with Gasteiger partial charge in [-0.05, 0) is 62.5 Å². The molecule has 0 bridgehead atoms. The average molecular weight is 402 g/mol. The number of allylic oxidation sites excluding steroid dienone is 3. The summed E-state index contributed by atoms with van der Waals surface area (Å²) in [5.74, 6) is 2.29. The fraction of sp³-hybridized carbons (Fsp3) is 0.522. The summed E-state index contributed by atoms with van der Waals surface area (Å²) in [6.07, 6.45) is 7.03. The van der Waals surface area contributed by atoms with Crippen molar-refractivity contribution in [3.8, 4) is 5.75 Å². The topological polar surface area (TPSA) is 62.8 Å². The van der Waals surface area contributed by atoms with Crippen molar-refractivity contribution >= 4 is 5.91 Å². The number of nitrogens with one attached hydrogen (secondary N) is 2. The van der Waals surface area contributed by atoms with E-state index in [1.165, 1.54) is 0 Å². The number of likely N-dealkylation sites (tertiary alicyclic amines) is 1. The number of hydrogen-bond donors (Lipinski definition) is 2. The normalized spacial score (nSPS) is 15.9. The van der Waals surface area contributed by atoms with Gasteiger partial charge in [-0.2, -0.15) is 0 Å². The van der Waals surface area contributed by atoms with E-state index in [9.17, 15) is 4.79 Å². The largest absolute Gasteiger partial charge is 0.494 e. The molecule has 6 nitrogen and oxygen atoms in total. The van der Waals surface area contributed by atoms with Crippen molar-refractivity contribution < 1.29 is 14.3 Å². The van der Waals surface area contributed by atoms with Crippen molar-refractivity contribution in [2.45, 2.75) is 33.1 Å². The predicted octanol–water partition coefficient (Wildman–Crippen LogP) is 3.53. The molecule has 1 saturated heterocycles. The number of ether oxygens (including phenoxy) is 2. The Morgan fingerprint density at radius 3 is 2.62 bits per heavy atom. The van der Waals surface area contributed by atoms with Gasteiger partial charge in [0.15, 0.2) is 0 Å². The van der Waals surface area contributed by atoms with E-state index >= 15 is 0 Å². The van der Waals surface area contributed by atoms with Crippen molar-refractivity contribution in [3.63, 3.8) is 0 Å². The predicted molar refractivity (Wildman–Crippen MR) is 117 cm³/mol. The molecule has 1 aliphatic rings. The molecule has 1 aliphatic heterocycles. The first-order valence-corrected chi connectivity index (χ1v) is 10.5. The Bertz CT molecular complexity index is 707. The molecule has 2 rings (SSSR count). The number of hydrogen-bond acceptors (Lipinski definition) is 5. The zero-order valence-corrected chi connectivity index (χ0v) is 18.2. The minimum atomic E-state index is -0.126. The summed E-state index contributed by atoms with van der Waals surface area (Å²) < 4.78 is 10.8. The van der Waals surface area contributed by atoms with Crippen LogP contribution in [-0.2, 0) is 4.74 Å². The van der Waals surface area contributed by atoms with Crippen molar-refractivity contribution in [2.24, 2.45) is 5.92 Å². The van der Waals surface area contributed by atoms with Crippen LogP contribution in [0.4, 0.5) is 0 Å². The third-order valence-corrected chi connectivity index (χ3v) is 5.12. The van der Waals surface area contributed by atoms with Crippen LogP contribution in [0.25, 0.3) is 0 Å². The van der Waals surface area contributed by atoms with Crippen LogP contribution in [-0.4, -0.2) is 51.3 Å². The van der Waals surface area contributed by atoms with Crippen LogP contribution in [0.3, 0.4) is 0 Å². The molecule has 160 valence electrons. The molecule has 1 heterocycles. The molecule has 6 heteroatoms. The van der Waals surface area contributed by atoms with E-state index in [-0.39, 0.29) is 5.91 Å². The molecule has 0 atom stereocenters. The second-order valence-corrected chi connectivity index (χ2v) is 7.15. The number of rotatable bonds is 10. The van der Waals surface area contributed by atoms with Crippen LogP contribution in [0.2, 0.25) is 0 Å². The Morgan fingerprint density at radius 1 is 1.24 bits per heavy atom. The second kappa shape index (κ2) is 12.2. The van der Waals surface area contributed by atoms with E-state index < -0.39 is 0 Å². The number of carbonyl (C=O) groups excluding carboxylic acids is 1. The summed E-state index contributed by atoms with van der Waals surface area (Å²) >= 11 is 0. The molecular formula is C23H35N3O3. The fourth-order valence-electron chi connectivity index (χ4n) is 3.46. The number of methoxy groups -OCH3 is 1. The molecule has 0 radical (unpaired) electrons. The molecule has 0 spiro atoms. The highest BCUT2D eigenvalue weighted by atomic mass is 16.5. The Kier molecular flexibility index (Phi) is 9.57. The lowest BCUT2D eigenvalue weighted by Gasteiger charge is -2.34. The van der Waals surface area contributed by atoms with Crippen LogP contribution < -0.4 is 15.4 Å². The fourth-order valence-corrected chi connectivity index (χ4v) is 3.46. The Morgan fingerprint density at radius 2 is 2.00 bits per heavy atom. The van der Waals surface area contributed by atoms with Crippen molar-refractivity contribution in [1.82, 2.24) is 15.5 Å². The summed E-state index contributed by atoms with van der Waals surface area (Å²) in [5, 5.41) is 6.30. The lowest BCUT2D eigenvalue weighted by Crippen LogP contribution is -2.38. The van der Waals surface area contributed by atoms with Crippen LogP contribution in [0.15, 0.2) is 47.9 Å². The lowest BCUT2D eigenvalue weighted by molar-refractivity contribution is 0.0964. The maximum atomic E-state index is 12.6. The molecular weight excluding hydrogens is 366 g/mol. The maximum absolute atomic E-state index is 12.6. The Labute approximate surface area is 174 Å². The van der Waals surface area contributed by atoms with Crippen LogP contribution in [0, 0.1) is 5.92 Å². The summed E-state index contributed by atoms with van der Waals surface area (Å²) in [5.41, 5.74) is 1.46. The molecule has 0 aliphatic carbocycles. The minimum Gasteiger partial charge on any atom is -0.494 e. The van der Waals surface area contributed by atoms with Gasteiger partial charge in [0, 0.05) is 45.1 Å². The van der Waals surface area contributed by atoms with Crippen LogP contribution >= 0.6 is 0 Å². The molecule has 29 heavy (non-hydrogen) atoms. The Balaban J connectivity index is 2.02. The molecule has 1 aromatic rings. The van der Waals surface area contributed by atoms with Crippen molar-refractivity contribution in [2.75, 3.05) is 40.5 Å². The third kappa shape index (κ3) is 7.13. The molecule has 1 fully saturated rings. The van der Waals surface area contributed by atoms with Gasteiger partial charge in [0.2, 0.25) is 0 Å². The van der Waals surface area contributed by atoms with Gasteiger partial charge in [-0.3, -0.25) is 4.79 Å². The standard InChI is InChI=1S/C23H35N3O3/c1-5-20(25-23(27)19-8-7-9-21(16-19)29-6-2)10-11-22(24-3)26-14-12-18(13-15-26)17-28-4/h7-11,16,18,24H,5-6,12-15,17H2,1-4H3,(H,25,27)/b20-10+,22-11+. The highest BCUT2D eigenvalue weighted by molar-refractivity contribution is 5.95. The van der Waals surface area contributed by atoms with E-state index in [1.807, 2.05) is 45.2 Å². The molecule has 1 amide bonds. The van der Waals surface area contributed by atoms with Crippen molar-refractivity contribution in [3.05, 3.63) is 53.5 Å². The first-order valence-electron chi connectivity index (χ1n) is 10.5. The van der Waals surface area contributed by atoms with Crippen LogP contribution in [0.5, 0.6) is 5.75 Å². The molecule has 1 aromatic carbocycles. The van der Waals surface area contributed by atoms with Gasteiger partial charge in [0.25, 0.3) is 5.91 Å². The smallest absolute Gasteiger partial charge is 0.255 e. The number of benzene rings is 1. The lowest BCUT2D eigenvalue weighted by atomic mass is 9.98. The number of carbonyl (C=O) groups is 1. The van der Waals surface area contributed by atoms with E-state index in [1.54, 1.807) is 19.2 Å². The molecule has 0 saturated carbocycles.